The number of hydrogen-bond acceptors (Lipinski definition) is 3. The number of hydrogen-bond donors (Lipinski definition) is 1. The lowest BCUT2D eigenvalue weighted by Gasteiger charge is -2.09. The van der Waals surface area contributed by atoms with Gasteiger partial charge in [-0.1, -0.05) is 0 Å². The van der Waals surface area contributed by atoms with Gasteiger partial charge in [0, 0.05) is 39.5 Å². The van der Waals surface area contributed by atoms with Crippen LogP contribution in [0.3, 0.4) is 0 Å². The Hall–Kier alpha value is -1.03. The summed E-state index contributed by atoms with van der Waals surface area (Å²) in [5.74, 6) is -0.0117. The highest BCUT2D eigenvalue weighted by Gasteiger charge is 1.98. The van der Waals surface area contributed by atoms with Crippen LogP contribution in [0.25, 0.3) is 0 Å². The van der Waals surface area contributed by atoms with Gasteiger partial charge in [0.05, 0.1) is 6.61 Å². The van der Waals surface area contributed by atoms with E-state index in [0.29, 0.717) is 6.61 Å². The second kappa shape index (κ2) is 6.48. The van der Waals surface area contributed by atoms with Crippen LogP contribution in [0.15, 0.2) is 11.8 Å². The van der Waals surface area contributed by atoms with Crippen molar-refractivity contribution in [2.45, 2.75) is 6.92 Å². The van der Waals surface area contributed by atoms with Crippen LogP contribution < -0.4 is 5.32 Å². The smallest absolute Gasteiger partial charge is 0.247 e. The minimum absolute atomic E-state index is 0.0117. The van der Waals surface area contributed by atoms with Crippen LogP contribution in [0.1, 0.15) is 6.92 Å². The highest BCUT2D eigenvalue weighted by Crippen LogP contribution is 1.89. The maximum Gasteiger partial charge on any atom is 0.247 e. The van der Waals surface area contributed by atoms with Crippen LogP contribution in [0.2, 0.25) is 0 Å². The highest BCUT2D eigenvalue weighted by molar-refractivity contribution is 5.87. The van der Waals surface area contributed by atoms with Crippen LogP contribution >= 0.6 is 0 Å². The summed E-state index contributed by atoms with van der Waals surface area (Å²) >= 11 is 0. The minimum Gasteiger partial charge on any atom is -0.386 e. The SMILES string of the molecule is COCCNC(C)=CC(=O)N(C)C. The zero-order chi connectivity index (χ0) is 10.3. The number of ether oxygens (including phenoxy) is 1. The Kier molecular flexibility index (Phi) is 5.97. The van der Waals surface area contributed by atoms with Gasteiger partial charge >= 0.3 is 0 Å². The van der Waals surface area contributed by atoms with E-state index in [1.165, 1.54) is 4.90 Å². The van der Waals surface area contributed by atoms with Gasteiger partial charge in [0.15, 0.2) is 0 Å². The molecule has 4 heteroatoms. The summed E-state index contributed by atoms with van der Waals surface area (Å²) < 4.78 is 4.86. The van der Waals surface area contributed by atoms with E-state index in [1.807, 2.05) is 6.92 Å². The molecule has 0 aliphatic rings. The Morgan fingerprint density at radius 3 is 2.62 bits per heavy atom. The summed E-state index contributed by atoms with van der Waals surface area (Å²) in [7, 11) is 5.09. The van der Waals surface area contributed by atoms with Gasteiger partial charge in [0.1, 0.15) is 0 Å². The number of amides is 1. The molecule has 0 heterocycles. The summed E-state index contributed by atoms with van der Waals surface area (Å²) in [6, 6.07) is 0. The Morgan fingerprint density at radius 2 is 2.15 bits per heavy atom. The van der Waals surface area contributed by atoms with Crippen molar-refractivity contribution in [3.8, 4) is 0 Å². The molecule has 76 valence electrons. The van der Waals surface area contributed by atoms with Crippen LogP contribution in [0.5, 0.6) is 0 Å². The fourth-order valence-electron chi connectivity index (χ4n) is 0.716. The zero-order valence-electron chi connectivity index (χ0n) is 8.76. The van der Waals surface area contributed by atoms with Crippen molar-refractivity contribution in [3.63, 3.8) is 0 Å². The van der Waals surface area contributed by atoms with E-state index in [2.05, 4.69) is 5.32 Å². The number of rotatable bonds is 5. The average Bonchev–Trinajstić information content (AvgIpc) is 2.04. The molecule has 1 N–H and O–H groups in total. The second-order valence-corrected chi connectivity index (χ2v) is 2.98. The maximum absolute atomic E-state index is 11.2. The van der Waals surface area contributed by atoms with Crippen molar-refractivity contribution in [1.29, 1.82) is 0 Å². The first kappa shape index (κ1) is 12.0. The lowest BCUT2D eigenvalue weighted by atomic mass is 10.4. The quantitative estimate of drug-likeness (QED) is 0.493. The lowest BCUT2D eigenvalue weighted by Crippen LogP contribution is -2.23. The van der Waals surface area contributed by atoms with Crippen LogP contribution in [0, 0.1) is 0 Å². The van der Waals surface area contributed by atoms with E-state index in [4.69, 9.17) is 4.74 Å². The largest absolute Gasteiger partial charge is 0.386 e. The fraction of sp³-hybridized carbons (Fsp3) is 0.667. The zero-order valence-corrected chi connectivity index (χ0v) is 8.76. The number of methoxy groups -OCH3 is 1. The molecule has 0 atom stereocenters. The van der Waals surface area contributed by atoms with Gasteiger partial charge in [-0.05, 0) is 6.92 Å². The number of likely N-dealkylation sites (N-methyl/N-ethyl adjacent to an activating group) is 1. The van der Waals surface area contributed by atoms with E-state index in [1.54, 1.807) is 27.3 Å². The number of carbonyl (C=O) groups is 1. The molecule has 0 saturated carbocycles. The molecule has 0 unspecified atom stereocenters. The van der Waals surface area contributed by atoms with Crippen molar-refractivity contribution in [3.05, 3.63) is 11.8 Å². The van der Waals surface area contributed by atoms with E-state index < -0.39 is 0 Å². The number of allylic oxidation sites excluding steroid dienone is 1. The summed E-state index contributed by atoms with van der Waals surface area (Å²) in [5, 5.41) is 3.06. The monoisotopic (exact) mass is 186 g/mol. The van der Waals surface area contributed by atoms with Crippen LogP contribution in [-0.2, 0) is 9.53 Å². The third-order valence-electron chi connectivity index (χ3n) is 1.49. The molecular formula is C9H18N2O2. The number of nitrogens with zero attached hydrogens (tertiary/aromatic N) is 1. The predicted molar refractivity (Wildman–Crippen MR) is 52.3 cm³/mol. The topological polar surface area (TPSA) is 41.6 Å². The molecule has 0 aromatic rings. The Balaban J connectivity index is 3.81. The van der Waals surface area contributed by atoms with Crippen molar-refractivity contribution >= 4 is 5.91 Å². The van der Waals surface area contributed by atoms with E-state index >= 15 is 0 Å². The molecular weight excluding hydrogens is 168 g/mol. The molecule has 4 nitrogen and oxygen atoms in total. The summed E-state index contributed by atoms with van der Waals surface area (Å²) in [4.78, 5) is 12.7. The van der Waals surface area contributed by atoms with Crippen molar-refractivity contribution < 1.29 is 9.53 Å². The molecule has 0 spiro atoms. The van der Waals surface area contributed by atoms with Gasteiger partial charge in [0.25, 0.3) is 0 Å². The standard InChI is InChI=1S/C9H18N2O2/c1-8(10-5-6-13-4)7-9(12)11(2)3/h7,10H,5-6H2,1-4H3. The molecule has 0 aliphatic carbocycles. The predicted octanol–water partition coefficient (Wildman–Crippen LogP) is 0.214. The first-order chi connectivity index (χ1) is 6.07. The van der Waals surface area contributed by atoms with Gasteiger partial charge in [-0.25, -0.2) is 0 Å². The minimum atomic E-state index is -0.0117. The Labute approximate surface area is 79.6 Å². The van der Waals surface area contributed by atoms with E-state index in [-0.39, 0.29) is 5.91 Å². The molecule has 0 bridgehead atoms. The second-order valence-electron chi connectivity index (χ2n) is 2.98. The van der Waals surface area contributed by atoms with Gasteiger partial charge < -0.3 is 15.0 Å². The normalized spacial score (nSPS) is 11.2. The Morgan fingerprint density at radius 1 is 1.54 bits per heavy atom. The van der Waals surface area contributed by atoms with Crippen molar-refractivity contribution in [2.75, 3.05) is 34.4 Å². The molecule has 0 aromatic carbocycles. The van der Waals surface area contributed by atoms with Gasteiger partial charge in [-0.15, -0.1) is 0 Å². The van der Waals surface area contributed by atoms with Crippen molar-refractivity contribution in [2.24, 2.45) is 0 Å². The molecule has 0 radical (unpaired) electrons. The van der Waals surface area contributed by atoms with Crippen LogP contribution in [0.4, 0.5) is 0 Å². The van der Waals surface area contributed by atoms with Gasteiger partial charge in [-0.3, -0.25) is 4.79 Å². The fourth-order valence-corrected chi connectivity index (χ4v) is 0.716. The molecule has 1 amide bonds. The molecule has 0 rings (SSSR count). The third kappa shape index (κ3) is 6.16. The van der Waals surface area contributed by atoms with Gasteiger partial charge in [0.2, 0.25) is 5.91 Å². The van der Waals surface area contributed by atoms with E-state index in [9.17, 15) is 4.79 Å². The first-order valence-electron chi connectivity index (χ1n) is 4.20. The highest BCUT2D eigenvalue weighted by atomic mass is 16.5. The molecule has 0 fully saturated rings. The van der Waals surface area contributed by atoms with Gasteiger partial charge in [-0.2, -0.15) is 0 Å². The molecule has 0 saturated heterocycles. The maximum atomic E-state index is 11.2. The first-order valence-corrected chi connectivity index (χ1v) is 4.20. The summed E-state index contributed by atoms with van der Waals surface area (Å²) in [5.41, 5.74) is 0.857. The summed E-state index contributed by atoms with van der Waals surface area (Å²) in [6.45, 7) is 3.22. The van der Waals surface area contributed by atoms with Crippen LogP contribution in [-0.4, -0.2) is 45.2 Å². The molecule has 0 aromatic heterocycles. The third-order valence-corrected chi connectivity index (χ3v) is 1.49. The average molecular weight is 186 g/mol. The number of carbonyl (C=O) groups excluding carboxylic acids is 1. The van der Waals surface area contributed by atoms with E-state index in [0.717, 1.165) is 12.2 Å². The molecule has 13 heavy (non-hydrogen) atoms. The number of nitrogens with one attached hydrogen (secondary N) is 1. The lowest BCUT2D eigenvalue weighted by molar-refractivity contribution is -0.123. The molecule has 0 aliphatic heterocycles. The van der Waals surface area contributed by atoms with Crippen molar-refractivity contribution in [1.82, 2.24) is 10.2 Å². The summed E-state index contributed by atoms with van der Waals surface area (Å²) in [6.07, 6.45) is 1.57. The Bertz CT molecular complexity index is 188.